The van der Waals surface area contributed by atoms with Crippen LogP contribution < -0.4 is 10.2 Å². The molecule has 4 heteroatoms. The van der Waals surface area contributed by atoms with Crippen LogP contribution in [0.15, 0.2) is 60.7 Å². The van der Waals surface area contributed by atoms with Gasteiger partial charge in [0.05, 0.1) is 23.6 Å². The van der Waals surface area contributed by atoms with E-state index >= 15 is 0 Å². The number of para-hydroxylation sites is 2. The number of hydrogen-bond donors (Lipinski definition) is 1. The smallest absolute Gasteiger partial charge is 0.326 e. The third-order valence-electron chi connectivity index (χ3n) is 4.98. The van der Waals surface area contributed by atoms with Gasteiger partial charge in [0.1, 0.15) is 0 Å². The SMILES string of the molecule is O=C(NC[C@H]1C[C@H]2CC[C@H]1O2)N(c1ccccc1)c1ccccc1. The third kappa shape index (κ3) is 3.02. The van der Waals surface area contributed by atoms with Gasteiger partial charge >= 0.3 is 6.03 Å². The fraction of sp³-hybridized carbons (Fsp3) is 0.350. The molecule has 1 N–H and O–H groups in total. The van der Waals surface area contributed by atoms with Crippen LogP contribution in [0.5, 0.6) is 0 Å². The van der Waals surface area contributed by atoms with Crippen LogP contribution in [0.3, 0.4) is 0 Å². The summed E-state index contributed by atoms with van der Waals surface area (Å²) in [5.41, 5.74) is 1.73. The summed E-state index contributed by atoms with van der Waals surface area (Å²) in [5.74, 6) is 0.445. The van der Waals surface area contributed by atoms with Crippen molar-refractivity contribution >= 4 is 17.4 Å². The Bertz CT molecular complexity index is 650. The second-order valence-electron chi connectivity index (χ2n) is 6.56. The van der Waals surface area contributed by atoms with Gasteiger partial charge in [-0.3, -0.25) is 4.90 Å². The number of fused-ring (bicyclic) bond motifs is 2. The third-order valence-corrected chi connectivity index (χ3v) is 4.98. The summed E-state index contributed by atoms with van der Waals surface area (Å²) < 4.78 is 5.88. The highest BCUT2D eigenvalue weighted by molar-refractivity contribution is 5.99. The maximum absolute atomic E-state index is 12.9. The molecule has 2 fully saturated rings. The lowest BCUT2D eigenvalue weighted by Gasteiger charge is -2.25. The number of nitrogens with zero attached hydrogens (tertiary/aromatic N) is 1. The number of anilines is 2. The minimum absolute atomic E-state index is 0.0878. The number of urea groups is 1. The summed E-state index contributed by atoms with van der Waals surface area (Å²) >= 11 is 0. The van der Waals surface area contributed by atoms with Gasteiger partial charge in [0.15, 0.2) is 0 Å². The number of hydrogen-bond acceptors (Lipinski definition) is 2. The van der Waals surface area contributed by atoms with Crippen molar-refractivity contribution in [2.45, 2.75) is 31.5 Å². The molecule has 2 saturated heterocycles. The highest BCUT2D eigenvalue weighted by Gasteiger charge is 2.40. The van der Waals surface area contributed by atoms with Crippen LogP contribution in [0.25, 0.3) is 0 Å². The average Bonchev–Trinajstić information content (AvgIpc) is 3.25. The highest BCUT2D eigenvalue weighted by atomic mass is 16.5. The van der Waals surface area contributed by atoms with E-state index in [1.54, 1.807) is 4.90 Å². The van der Waals surface area contributed by atoms with Crippen molar-refractivity contribution in [3.05, 3.63) is 60.7 Å². The number of carbonyl (C=O) groups is 1. The van der Waals surface area contributed by atoms with Gasteiger partial charge in [-0.15, -0.1) is 0 Å². The summed E-state index contributed by atoms with van der Waals surface area (Å²) in [7, 11) is 0. The Balaban J connectivity index is 1.49. The van der Waals surface area contributed by atoms with Crippen LogP contribution >= 0.6 is 0 Å². The van der Waals surface area contributed by atoms with Gasteiger partial charge in [0.25, 0.3) is 0 Å². The van der Waals surface area contributed by atoms with E-state index in [0.717, 1.165) is 24.2 Å². The van der Waals surface area contributed by atoms with Crippen LogP contribution in [0.4, 0.5) is 16.2 Å². The van der Waals surface area contributed by atoms with E-state index in [9.17, 15) is 4.79 Å². The average molecular weight is 322 g/mol. The first-order chi connectivity index (χ1) is 11.8. The van der Waals surface area contributed by atoms with E-state index in [-0.39, 0.29) is 6.03 Å². The molecule has 0 radical (unpaired) electrons. The summed E-state index contributed by atoms with van der Waals surface area (Å²) in [6, 6.07) is 19.4. The molecule has 3 atom stereocenters. The van der Waals surface area contributed by atoms with Crippen LogP contribution in [0, 0.1) is 5.92 Å². The van der Waals surface area contributed by atoms with Crippen LogP contribution in [0.1, 0.15) is 19.3 Å². The lowest BCUT2D eigenvalue weighted by molar-refractivity contribution is 0.0928. The molecule has 0 aliphatic carbocycles. The fourth-order valence-corrected chi connectivity index (χ4v) is 3.79. The molecule has 0 unspecified atom stereocenters. The van der Waals surface area contributed by atoms with E-state index in [0.29, 0.717) is 24.7 Å². The Labute approximate surface area is 142 Å². The first kappa shape index (κ1) is 15.2. The van der Waals surface area contributed by atoms with Gasteiger partial charge in [-0.1, -0.05) is 36.4 Å². The number of carbonyl (C=O) groups excluding carboxylic acids is 1. The molecule has 2 bridgehead atoms. The summed E-state index contributed by atoms with van der Waals surface area (Å²) in [4.78, 5) is 14.6. The van der Waals surface area contributed by atoms with Crippen molar-refractivity contribution in [3.8, 4) is 0 Å². The van der Waals surface area contributed by atoms with Crippen molar-refractivity contribution in [2.24, 2.45) is 5.92 Å². The molecule has 2 aliphatic rings. The first-order valence-corrected chi connectivity index (χ1v) is 8.65. The van der Waals surface area contributed by atoms with E-state index < -0.39 is 0 Å². The maximum Gasteiger partial charge on any atom is 0.326 e. The zero-order valence-electron chi connectivity index (χ0n) is 13.6. The Kier molecular flexibility index (Phi) is 4.22. The molecule has 4 rings (SSSR count). The van der Waals surface area contributed by atoms with Crippen LogP contribution in [-0.4, -0.2) is 24.8 Å². The lowest BCUT2D eigenvalue weighted by atomic mass is 9.89. The zero-order chi connectivity index (χ0) is 16.4. The van der Waals surface area contributed by atoms with Crippen molar-refractivity contribution in [3.63, 3.8) is 0 Å². The molecule has 0 aromatic heterocycles. The lowest BCUT2D eigenvalue weighted by Crippen LogP contribution is -2.41. The predicted molar refractivity (Wildman–Crippen MR) is 94.4 cm³/mol. The molecule has 2 aliphatic heterocycles. The molecule has 2 amide bonds. The zero-order valence-corrected chi connectivity index (χ0v) is 13.6. The Hall–Kier alpha value is -2.33. The molecule has 124 valence electrons. The summed E-state index contributed by atoms with van der Waals surface area (Å²) in [6.07, 6.45) is 4.12. The van der Waals surface area contributed by atoms with Gasteiger partial charge in [-0.05, 0) is 43.5 Å². The molecule has 24 heavy (non-hydrogen) atoms. The maximum atomic E-state index is 12.9. The largest absolute Gasteiger partial charge is 0.375 e. The van der Waals surface area contributed by atoms with Gasteiger partial charge in [0.2, 0.25) is 0 Å². The van der Waals surface area contributed by atoms with Crippen molar-refractivity contribution in [2.75, 3.05) is 11.4 Å². The number of benzene rings is 2. The Morgan fingerprint density at radius 2 is 1.62 bits per heavy atom. The minimum atomic E-state index is -0.0878. The number of ether oxygens (including phenoxy) is 1. The molecular formula is C20H22N2O2. The van der Waals surface area contributed by atoms with E-state index in [1.807, 2.05) is 60.7 Å². The second-order valence-corrected chi connectivity index (χ2v) is 6.56. The topological polar surface area (TPSA) is 41.6 Å². The molecule has 4 nitrogen and oxygen atoms in total. The number of rotatable bonds is 4. The molecule has 0 spiro atoms. The Morgan fingerprint density at radius 1 is 1.00 bits per heavy atom. The molecular weight excluding hydrogens is 300 g/mol. The molecule has 2 heterocycles. The quantitative estimate of drug-likeness (QED) is 0.920. The van der Waals surface area contributed by atoms with Gasteiger partial charge < -0.3 is 10.1 Å². The molecule has 2 aromatic rings. The van der Waals surface area contributed by atoms with Gasteiger partial charge in [0, 0.05) is 12.5 Å². The minimum Gasteiger partial charge on any atom is -0.375 e. The van der Waals surface area contributed by atoms with E-state index in [4.69, 9.17) is 4.74 Å². The van der Waals surface area contributed by atoms with Crippen molar-refractivity contribution < 1.29 is 9.53 Å². The van der Waals surface area contributed by atoms with E-state index in [1.165, 1.54) is 6.42 Å². The standard InChI is InChI=1S/C20H22N2O2/c23-20(21-14-15-13-18-11-12-19(15)24-18)22(16-7-3-1-4-8-16)17-9-5-2-6-10-17/h1-10,15,18-19H,11-14H2,(H,21,23)/t15-,18-,19-/m1/s1. The monoisotopic (exact) mass is 322 g/mol. The number of nitrogens with one attached hydrogen (secondary N) is 1. The van der Waals surface area contributed by atoms with Gasteiger partial charge in [-0.2, -0.15) is 0 Å². The van der Waals surface area contributed by atoms with Crippen LogP contribution in [0.2, 0.25) is 0 Å². The fourth-order valence-electron chi connectivity index (χ4n) is 3.79. The van der Waals surface area contributed by atoms with Crippen molar-refractivity contribution in [1.82, 2.24) is 5.32 Å². The normalized spacial score (nSPS) is 24.8. The highest BCUT2D eigenvalue weighted by Crippen LogP contribution is 2.38. The molecule has 0 saturated carbocycles. The first-order valence-electron chi connectivity index (χ1n) is 8.65. The molecule has 2 aromatic carbocycles. The second kappa shape index (κ2) is 6.65. The Morgan fingerprint density at radius 3 is 2.12 bits per heavy atom. The van der Waals surface area contributed by atoms with E-state index in [2.05, 4.69) is 5.32 Å². The summed E-state index contributed by atoms with van der Waals surface area (Å²) in [5, 5.41) is 3.11. The van der Waals surface area contributed by atoms with Gasteiger partial charge in [-0.25, -0.2) is 4.79 Å². The van der Waals surface area contributed by atoms with Crippen molar-refractivity contribution in [1.29, 1.82) is 0 Å². The summed E-state index contributed by atoms with van der Waals surface area (Å²) in [6.45, 7) is 0.677. The number of amides is 2. The van der Waals surface area contributed by atoms with Crippen LogP contribution in [-0.2, 0) is 4.74 Å². The predicted octanol–water partition coefficient (Wildman–Crippen LogP) is 4.10.